The number of carbonyl (C=O) groups excluding carboxylic acids is 1. The first kappa shape index (κ1) is 16.8. The summed E-state index contributed by atoms with van der Waals surface area (Å²) in [6.45, 7) is 5.62. The highest BCUT2D eigenvalue weighted by atomic mass is 32.1. The van der Waals surface area contributed by atoms with Gasteiger partial charge in [0.15, 0.2) is 0 Å². The number of benzene rings is 1. The SMILES string of the molecule is CC[C@@H](NC(=O)N1Cc2ccccc2N(C)C[C@@H]1C)c1nccs1. The first-order valence-electron chi connectivity index (χ1n) is 8.35. The zero-order chi connectivity index (χ0) is 17.1. The molecule has 0 spiro atoms. The lowest BCUT2D eigenvalue weighted by atomic mass is 10.1. The maximum Gasteiger partial charge on any atom is 0.318 e. The van der Waals surface area contributed by atoms with E-state index < -0.39 is 0 Å². The van der Waals surface area contributed by atoms with Gasteiger partial charge in [-0.05, 0) is 25.0 Å². The predicted molar refractivity (Wildman–Crippen MR) is 98.4 cm³/mol. The van der Waals surface area contributed by atoms with Gasteiger partial charge in [-0.25, -0.2) is 9.78 Å². The first-order chi connectivity index (χ1) is 11.6. The summed E-state index contributed by atoms with van der Waals surface area (Å²) in [6.07, 6.45) is 2.62. The van der Waals surface area contributed by atoms with Crippen LogP contribution in [0.15, 0.2) is 35.8 Å². The number of hydrogen-bond acceptors (Lipinski definition) is 4. The molecule has 0 fully saturated rings. The number of aromatic nitrogens is 1. The van der Waals surface area contributed by atoms with Crippen molar-refractivity contribution >= 4 is 23.1 Å². The molecule has 0 bridgehead atoms. The standard InChI is InChI=1S/C18H24N4OS/c1-4-15(17-19-9-10-24-17)20-18(23)22-12-14-7-5-6-8-16(14)21(3)11-13(22)2/h5-10,13,15H,4,11-12H2,1-3H3,(H,20,23)/t13-,15+/m0/s1. The number of fused-ring (bicyclic) bond motifs is 1. The quantitative estimate of drug-likeness (QED) is 0.925. The van der Waals surface area contributed by atoms with Crippen LogP contribution in [0, 0.1) is 0 Å². The minimum absolute atomic E-state index is 0.0188. The number of nitrogens with zero attached hydrogens (tertiary/aromatic N) is 3. The maximum absolute atomic E-state index is 12.9. The fourth-order valence-electron chi connectivity index (χ4n) is 3.20. The Morgan fingerprint density at radius 1 is 1.46 bits per heavy atom. The normalized spacial score (nSPS) is 18.7. The summed E-state index contributed by atoms with van der Waals surface area (Å²) in [5.74, 6) is 0. The van der Waals surface area contributed by atoms with E-state index in [9.17, 15) is 4.79 Å². The summed E-state index contributed by atoms with van der Waals surface area (Å²) in [5, 5.41) is 6.07. The fourth-order valence-corrected chi connectivity index (χ4v) is 3.97. The first-order valence-corrected chi connectivity index (χ1v) is 9.23. The summed E-state index contributed by atoms with van der Waals surface area (Å²) in [7, 11) is 2.08. The number of nitrogens with one attached hydrogen (secondary N) is 1. The molecule has 0 unspecified atom stereocenters. The number of urea groups is 1. The molecule has 0 saturated carbocycles. The third-order valence-electron chi connectivity index (χ3n) is 4.53. The van der Waals surface area contributed by atoms with E-state index in [0.717, 1.165) is 18.0 Å². The molecule has 0 aliphatic carbocycles. The van der Waals surface area contributed by atoms with Gasteiger partial charge >= 0.3 is 6.03 Å². The molecule has 5 nitrogen and oxygen atoms in total. The van der Waals surface area contributed by atoms with Gasteiger partial charge in [-0.1, -0.05) is 25.1 Å². The number of rotatable bonds is 3. The van der Waals surface area contributed by atoms with Crippen LogP contribution in [-0.4, -0.2) is 35.5 Å². The van der Waals surface area contributed by atoms with E-state index in [1.54, 1.807) is 17.5 Å². The highest BCUT2D eigenvalue weighted by molar-refractivity contribution is 7.09. The molecule has 2 amide bonds. The summed E-state index contributed by atoms with van der Waals surface area (Å²) in [5.41, 5.74) is 2.38. The molecule has 1 aliphatic rings. The lowest BCUT2D eigenvalue weighted by molar-refractivity contribution is 0.174. The Labute approximate surface area is 147 Å². The monoisotopic (exact) mass is 344 g/mol. The van der Waals surface area contributed by atoms with Gasteiger partial charge in [-0.2, -0.15) is 0 Å². The van der Waals surface area contributed by atoms with Crippen molar-refractivity contribution < 1.29 is 4.79 Å². The second kappa shape index (κ2) is 7.21. The van der Waals surface area contributed by atoms with Crippen LogP contribution >= 0.6 is 11.3 Å². The van der Waals surface area contributed by atoms with Gasteiger partial charge in [-0.15, -0.1) is 11.3 Å². The van der Waals surface area contributed by atoms with E-state index in [0.29, 0.717) is 6.54 Å². The van der Waals surface area contributed by atoms with Crippen LogP contribution in [-0.2, 0) is 6.54 Å². The summed E-state index contributed by atoms with van der Waals surface area (Å²) >= 11 is 1.59. The van der Waals surface area contributed by atoms with Gasteiger partial charge in [0.1, 0.15) is 5.01 Å². The van der Waals surface area contributed by atoms with E-state index in [2.05, 4.69) is 48.2 Å². The number of carbonyl (C=O) groups is 1. The van der Waals surface area contributed by atoms with E-state index in [4.69, 9.17) is 0 Å². The zero-order valence-corrected chi connectivity index (χ0v) is 15.2. The molecule has 2 aromatic rings. The van der Waals surface area contributed by atoms with Gasteiger partial charge in [0.25, 0.3) is 0 Å². The molecule has 1 N–H and O–H groups in total. The third kappa shape index (κ3) is 3.38. The molecule has 3 rings (SSSR count). The van der Waals surface area contributed by atoms with E-state index in [1.807, 2.05) is 22.4 Å². The Morgan fingerprint density at radius 2 is 2.25 bits per heavy atom. The largest absolute Gasteiger partial charge is 0.372 e. The van der Waals surface area contributed by atoms with E-state index in [-0.39, 0.29) is 18.1 Å². The van der Waals surface area contributed by atoms with Crippen molar-refractivity contribution in [1.29, 1.82) is 0 Å². The van der Waals surface area contributed by atoms with Gasteiger partial charge < -0.3 is 15.1 Å². The highest BCUT2D eigenvalue weighted by Crippen LogP contribution is 2.27. The molecule has 0 saturated heterocycles. The predicted octanol–water partition coefficient (Wildman–Crippen LogP) is 3.64. The summed E-state index contributed by atoms with van der Waals surface area (Å²) in [6, 6.07) is 8.39. The second-order valence-corrected chi connectivity index (χ2v) is 7.19. The average Bonchev–Trinajstić information content (AvgIpc) is 3.07. The number of hydrogen-bond donors (Lipinski definition) is 1. The smallest absolute Gasteiger partial charge is 0.318 e. The van der Waals surface area contributed by atoms with Crippen LogP contribution in [0.4, 0.5) is 10.5 Å². The molecular weight excluding hydrogens is 320 g/mol. The zero-order valence-electron chi connectivity index (χ0n) is 14.4. The highest BCUT2D eigenvalue weighted by Gasteiger charge is 2.28. The van der Waals surface area contributed by atoms with Gasteiger partial charge in [0, 0.05) is 43.4 Å². The van der Waals surface area contributed by atoms with Crippen molar-refractivity contribution in [1.82, 2.24) is 15.2 Å². The second-order valence-electron chi connectivity index (χ2n) is 6.27. The molecule has 1 aromatic heterocycles. The van der Waals surface area contributed by atoms with Gasteiger partial charge in [0.05, 0.1) is 6.04 Å². The van der Waals surface area contributed by atoms with Crippen LogP contribution in [0.3, 0.4) is 0 Å². The minimum atomic E-state index is -0.0269. The van der Waals surface area contributed by atoms with Crippen molar-refractivity contribution in [3.05, 3.63) is 46.4 Å². The van der Waals surface area contributed by atoms with Crippen molar-refractivity contribution in [3.63, 3.8) is 0 Å². The van der Waals surface area contributed by atoms with Crippen molar-refractivity contribution in [2.45, 2.75) is 38.9 Å². The Morgan fingerprint density at radius 3 is 2.96 bits per heavy atom. The van der Waals surface area contributed by atoms with Crippen molar-refractivity contribution in [2.75, 3.05) is 18.5 Å². The molecule has 24 heavy (non-hydrogen) atoms. The minimum Gasteiger partial charge on any atom is -0.372 e. The molecule has 1 aliphatic heterocycles. The van der Waals surface area contributed by atoms with Crippen LogP contribution in [0.2, 0.25) is 0 Å². The number of likely N-dealkylation sites (N-methyl/N-ethyl adjacent to an activating group) is 1. The molecule has 6 heteroatoms. The Balaban J connectivity index is 1.79. The Bertz CT molecular complexity index is 688. The van der Waals surface area contributed by atoms with Crippen molar-refractivity contribution in [3.8, 4) is 0 Å². The summed E-state index contributed by atoms with van der Waals surface area (Å²) < 4.78 is 0. The van der Waals surface area contributed by atoms with Gasteiger partial charge in [-0.3, -0.25) is 0 Å². The lowest BCUT2D eigenvalue weighted by Gasteiger charge is -2.30. The number of anilines is 1. The van der Waals surface area contributed by atoms with Gasteiger partial charge in [0.2, 0.25) is 0 Å². The lowest BCUT2D eigenvalue weighted by Crippen LogP contribution is -2.47. The van der Waals surface area contributed by atoms with Crippen molar-refractivity contribution in [2.24, 2.45) is 0 Å². The Hall–Kier alpha value is -2.08. The molecule has 2 atom stereocenters. The molecular formula is C18H24N4OS. The Kier molecular flexibility index (Phi) is 5.04. The van der Waals surface area contributed by atoms with Crippen LogP contribution in [0.1, 0.15) is 36.9 Å². The van der Waals surface area contributed by atoms with Crippen LogP contribution < -0.4 is 10.2 Å². The van der Waals surface area contributed by atoms with E-state index in [1.165, 1.54) is 11.3 Å². The van der Waals surface area contributed by atoms with E-state index >= 15 is 0 Å². The molecule has 128 valence electrons. The fraction of sp³-hybridized carbons (Fsp3) is 0.444. The van der Waals surface area contributed by atoms with Crippen LogP contribution in [0.25, 0.3) is 0 Å². The average molecular weight is 344 g/mol. The molecule has 2 heterocycles. The maximum atomic E-state index is 12.9. The summed E-state index contributed by atoms with van der Waals surface area (Å²) in [4.78, 5) is 21.4. The van der Waals surface area contributed by atoms with Crippen LogP contribution in [0.5, 0.6) is 0 Å². The number of para-hydroxylation sites is 1. The third-order valence-corrected chi connectivity index (χ3v) is 5.42. The molecule has 1 aromatic carbocycles. The number of amides is 2. The molecule has 0 radical (unpaired) electrons. The topological polar surface area (TPSA) is 48.5 Å². The number of thiazole rings is 1.